The van der Waals surface area contributed by atoms with Crippen molar-refractivity contribution < 1.29 is 13.2 Å². The average Bonchev–Trinajstić information content (AvgIpc) is 2.92. The number of benzene rings is 1. The summed E-state index contributed by atoms with van der Waals surface area (Å²) in [6.45, 7) is 0. The lowest BCUT2D eigenvalue weighted by atomic mass is 10.2. The van der Waals surface area contributed by atoms with Crippen molar-refractivity contribution in [2.45, 2.75) is 12.5 Å². The Bertz CT molecular complexity index is 788. The lowest BCUT2D eigenvalue weighted by molar-refractivity contribution is -0.123. The number of hydrogen-bond donors (Lipinski definition) is 0. The van der Waals surface area contributed by atoms with Gasteiger partial charge in [0.25, 0.3) is 5.91 Å². The van der Waals surface area contributed by atoms with Crippen molar-refractivity contribution in [3.8, 4) is 0 Å². The molecule has 1 aromatic carbocycles. The molecule has 1 atom stereocenters. The fourth-order valence-corrected chi connectivity index (χ4v) is 5.79. The molecule has 0 N–H and O–H groups in total. The third kappa shape index (κ3) is 3.08. The van der Waals surface area contributed by atoms with Gasteiger partial charge in [0, 0.05) is 5.02 Å². The molecule has 2 aliphatic rings. The number of hydrogen-bond acceptors (Lipinski definition) is 5. The summed E-state index contributed by atoms with van der Waals surface area (Å²) in [4.78, 5) is 14.5. The van der Waals surface area contributed by atoms with Crippen LogP contribution in [0.3, 0.4) is 0 Å². The van der Waals surface area contributed by atoms with E-state index in [4.69, 9.17) is 23.8 Å². The second-order valence-corrected chi connectivity index (χ2v) is 9.44. The summed E-state index contributed by atoms with van der Waals surface area (Å²) in [5, 5.41) is 0.552. The van der Waals surface area contributed by atoms with E-state index in [1.165, 1.54) is 16.7 Å². The molecule has 1 amide bonds. The quantitative estimate of drug-likeness (QED) is 0.589. The number of amides is 1. The van der Waals surface area contributed by atoms with Crippen LogP contribution in [0.1, 0.15) is 12.0 Å². The van der Waals surface area contributed by atoms with Gasteiger partial charge in [-0.05, 0) is 24.1 Å². The van der Waals surface area contributed by atoms with Crippen LogP contribution in [0.2, 0.25) is 5.02 Å². The number of carbonyl (C=O) groups excluding carboxylic acids is 1. The van der Waals surface area contributed by atoms with E-state index in [2.05, 4.69) is 0 Å². The maximum Gasteiger partial charge on any atom is 0.266 e. The predicted molar refractivity (Wildman–Crippen MR) is 93.5 cm³/mol. The summed E-state index contributed by atoms with van der Waals surface area (Å²) < 4.78 is 23.6. The zero-order valence-electron chi connectivity index (χ0n) is 11.4. The van der Waals surface area contributed by atoms with Crippen LogP contribution >= 0.6 is 35.6 Å². The first kappa shape index (κ1) is 16.0. The third-order valence-corrected chi connectivity index (χ3v) is 7.01. The SMILES string of the molecule is O=C1/C(=C/c2ccccc2Cl)SC(=S)N1[C@H]1CCS(=O)(=O)C1. The molecule has 3 rings (SSSR count). The molecule has 4 nitrogen and oxygen atoms in total. The standard InChI is InChI=1S/C14H12ClNO3S3/c15-11-4-2-1-3-9(11)7-12-13(17)16(14(20)21-12)10-5-6-22(18,19)8-10/h1-4,7,10H,5-6,8H2/b12-7-/t10-/m0/s1. The Kier molecular flexibility index (Phi) is 4.33. The number of rotatable bonds is 2. The molecule has 0 spiro atoms. The Morgan fingerprint density at radius 3 is 2.73 bits per heavy atom. The Balaban J connectivity index is 1.88. The van der Waals surface area contributed by atoms with Crippen molar-refractivity contribution in [3.05, 3.63) is 39.8 Å². The van der Waals surface area contributed by atoms with Crippen LogP contribution in [-0.4, -0.2) is 41.1 Å². The maximum absolute atomic E-state index is 12.5. The van der Waals surface area contributed by atoms with Crippen molar-refractivity contribution in [1.82, 2.24) is 4.90 Å². The van der Waals surface area contributed by atoms with Crippen molar-refractivity contribution in [3.63, 3.8) is 0 Å². The molecule has 0 unspecified atom stereocenters. The number of carbonyl (C=O) groups is 1. The molecule has 116 valence electrons. The van der Waals surface area contributed by atoms with Gasteiger partial charge in [-0.25, -0.2) is 8.42 Å². The van der Waals surface area contributed by atoms with Crippen LogP contribution < -0.4 is 0 Å². The van der Waals surface area contributed by atoms with E-state index < -0.39 is 9.84 Å². The van der Waals surface area contributed by atoms with E-state index in [0.717, 1.165) is 5.56 Å². The molecular weight excluding hydrogens is 362 g/mol. The van der Waals surface area contributed by atoms with Crippen LogP contribution in [0.15, 0.2) is 29.2 Å². The first-order valence-electron chi connectivity index (χ1n) is 6.59. The third-order valence-electron chi connectivity index (χ3n) is 3.59. The van der Waals surface area contributed by atoms with E-state index >= 15 is 0 Å². The summed E-state index contributed by atoms with van der Waals surface area (Å²) in [5.41, 5.74) is 0.740. The number of sulfone groups is 1. The van der Waals surface area contributed by atoms with E-state index in [-0.39, 0.29) is 23.5 Å². The Morgan fingerprint density at radius 1 is 1.36 bits per heavy atom. The molecule has 0 radical (unpaired) electrons. The summed E-state index contributed by atoms with van der Waals surface area (Å²) in [7, 11) is -3.07. The highest BCUT2D eigenvalue weighted by atomic mass is 35.5. The number of thioether (sulfide) groups is 1. The molecule has 2 saturated heterocycles. The van der Waals surface area contributed by atoms with Crippen molar-refractivity contribution in [1.29, 1.82) is 0 Å². The highest BCUT2D eigenvalue weighted by Gasteiger charge is 2.42. The van der Waals surface area contributed by atoms with Crippen molar-refractivity contribution >= 4 is 61.7 Å². The number of thiocarbonyl (C=S) groups is 1. The summed E-state index contributed by atoms with van der Waals surface area (Å²) in [6.07, 6.45) is 2.14. The highest BCUT2D eigenvalue weighted by molar-refractivity contribution is 8.26. The van der Waals surface area contributed by atoms with E-state index in [1.807, 2.05) is 18.2 Å². The molecule has 8 heteroatoms. The smallest absolute Gasteiger partial charge is 0.266 e. The minimum atomic E-state index is -3.07. The van der Waals surface area contributed by atoms with Gasteiger partial charge in [0.1, 0.15) is 4.32 Å². The predicted octanol–water partition coefficient (Wildman–Crippen LogP) is 2.73. The maximum atomic E-state index is 12.5. The van der Waals surface area contributed by atoms with Gasteiger partial charge in [0.05, 0.1) is 22.5 Å². The summed E-state index contributed by atoms with van der Waals surface area (Å²) in [6, 6.07) is 6.86. The zero-order valence-corrected chi connectivity index (χ0v) is 14.6. The fraction of sp³-hybridized carbons (Fsp3) is 0.286. The number of nitrogens with zero attached hydrogens (tertiary/aromatic N) is 1. The van der Waals surface area contributed by atoms with Gasteiger partial charge in [-0.2, -0.15) is 0 Å². The molecule has 0 aliphatic carbocycles. The summed E-state index contributed by atoms with van der Waals surface area (Å²) >= 11 is 12.5. The highest BCUT2D eigenvalue weighted by Crippen LogP contribution is 2.36. The second kappa shape index (κ2) is 5.96. The molecule has 0 aromatic heterocycles. The molecule has 0 saturated carbocycles. The minimum absolute atomic E-state index is 0.0151. The monoisotopic (exact) mass is 373 g/mol. The van der Waals surface area contributed by atoms with Gasteiger partial charge < -0.3 is 0 Å². The zero-order chi connectivity index (χ0) is 15.9. The van der Waals surface area contributed by atoms with Crippen LogP contribution in [-0.2, 0) is 14.6 Å². The molecular formula is C14H12ClNO3S3. The molecule has 2 aliphatic heterocycles. The van der Waals surface area contributed by atoms with Crippen LogP contribution in [0.5, 0.6) is 0 Å². The van der Waals surface area contributed by atoms with Gasteiger partial charge in [-0.15, -0.1) is 0 Å². The van der Waals surface area contributed by atoms with Crippen LogP contribution in [0.4, 0.5) is 0 Å². The van der Waals surface area contributed by atoms with Gasteiger partial charge in [-0.3, -0.25) is 9.69 Å². The minimum Gasteiger partial charge on any atom is -0.289 e. The summed E-state index contributed by atoms with van der Waals surface area (Å²) in [5.74, 6) is -0.145. The van der Waals surface area contributed by atoms with Gasteiger partial charge in [-0.1, -0.05) is 53.8 Å². The Hall–Kier alpha value is -0.890. The second-order valence-electron chi connectivity index (χ2n) is 5.13. The van der Waals surface area contributed by atoms with Crippen molar-refractivity contribution in [2.75, 3.05) is 11.5 Å². The van der Waals surface area contributed by atoms with Gasteiger partial charge in [0.15, 0.2) is 9.84 Å². The average molecular weight is 374 g/mol. The molecule has 2 fully saturated rings. The van der Waals surface area contributed by atoms with Gasteiger partial charge in [0.2, 0.25) is 0 Å². The lowest BCUT2D eigenvalue weighted by Gasteiger charge is -2.20. The Morgan fingerprint density at radius 2 is 2.09 bits per heavy atom. The van der Waals surface area contributed by atoms with E-state index in [9.17, 15) is 13.2 Å². The van der Waals surface area contributed by atoms with Crippen LogP contribution in [0.25, 0.3) is 6.08 Å². The molecule has 2 heterocycles. The largest absolute Gasteiger partial charge is 0.289 e. The molecule has 1 aromatic rings. The van der Waals surface area contributed by atoms with Gasteiger partial charge >= 0.3 is 0 Å². The fourth-order valence-electron chi connectivity index (χ4n) is 2.51. The van der Waals surface area contributed by atoms with Crippen molar-refractivity contribution in [2.24, 2.45) is 0 Å². The normalized spacial score (nSPS) is 26.1. The Labute approximate surface area is 143 Å². The lowest BCUT2D eigenvalue weighted by Crippen LogP contribution is -2.39. The first-order chi connectivity index (χ1) is 10.4. The number of halogens is 1. The van der Waals surface area contributed by atoms with Crippen LogP contribution in [0, 0.1) is 0 Å². The molecule has 0 bridgehead atoms. The van der Waals surface area contributed by atoms with E-state index in [1.54, 1.807) is 12.1 Å². The first-order valence-corrected chi connectivity index (χ1v) is 10.0. The van der Waals surface area contributed by atoms with E-state index in [0.29, 0.717) is 20.7 Å². The topological polar surface area (TPSA) is 54.5 Å². The molecule has 22 heavy (non-hydrogen) atoms.